The van der Waals surface area contributed by atoms with Gasteiger partial charge in [0.25, 0.3) is 0 Å². The van der Waals surface area contributed by atoms with Crippen LogP contribution < -0.4 is 14.2 Å². The lowest BCUT2D eigenvalue weighted by atomic mass is 10.2. The minimum atomic E-state index is -0.429. The van der Waals surface area contributed by atoms with Crippen LogP contribution in [0.25, 0.3) is 6.08 Å². The molecule has 0 saturated heterocycles. The van der Waals surface area contributed by atoms with Gasteiger partial charge in [-0.25, -0.2) is 4.79 Å². The summed E-state index contributed by atoms with van der Waals surface area (Å²) in [7, 11) is 1.59. The summed E-state index contributed by atoms with van der Waals surface area (Å²) in [6, 6.07) is 14.5. The van der Waals surface area contributed by atoms with Crippen LogP contribution in [0.15, 0.2) is 54.6 Å². The van der Waals surface area contributed by atoms with Crippen LogP contribution in [-0.4, -0.2) is 19.7 Å². The molecule has 0 aliphatic carbocycles. The Morgan fingerprint density at radius 3 is 2.57 bits per heavy atom. The molecule has 0 aliphatic rings. The monoisotopic (exact) mass is 312 g/mol. The minimum absolute atomic E-state index is 0.429. The lowest BCUT2D eigenvalue weighted by Crippen LogP contribution is -2.03. The van der Waals surface area contributed by atoms with Crippen LogP contribution in [0.1, 0.15) is 18.9 Å². The van der Waals surface area contributed by atoms with Crippen LogP contribution >= 0.6 is 0 Å². The van der Waals surface area contributed by atoms with E-state index in [9.17, 15) is 4.79 Å². The Bertz CT molecular complexity index is 662. The molecule has 0 spiro atoms. The van der Waals surface area contributed by atoms with Gasteiger partial charge in [-0.1, -0.05) is 31.2 Å². The van der Waals surface area contributed by atoms with Gasteiger partial charge in [-0.15, -0.1) is 0 Å². The molecule has 0 N–H and O–H groups in total. The number of carbonyl (C=O) groups excluding carboxylic acids is 1. The van der Waals surface area contributed by atoms with Crippen molar-refractivity contribution in [2.45, 2.75) is 13.3 Å². The highest BCUT2D eigenvalue weighted by Gasteiger charge is 2.05. The molecular formula is C19H20O4. The highest BCUT2D eigenvalue weighted by atomic mass is 16.5. The molecule has 0 atom stereocenters. The fourth-order valence-electron chi connectivity index (χ4n) is 1.92. The molecule has 0 aromatic heterocycles. The van der Waals surface area contributed by atoms with Crippen molar-refractivity contribution in [2.24, 2.45) is 0 Å². The first-order chi connectivity index (χ1) is 11.2. The maximum absolute atomic E-state index is 11.8. The minimum Gasteiger partial charge on any atom is -0.493 e. The Morgan fingerprint density at radius 2 is 1.87 bits per heavy atom. The Hall–Kier alpha value is -2.75. The van der Waals surface area contributed by atoms with Gasteiger partial charge in [0.15, 0.2) is 11.5 Å². The number of rotatable bonds is 7. The van der Waals surface area contributed by atoms with Gasteiger partial charge in [0, 0.05) is 6.08 Å². The summed E-state index contributed by atoms with van der Waals surface area (Å²) in [5.74, 6) is 1.42. The average Bonchev–Trinajstić information content (AvgIpc) is 2.59. The van der Waals surface area contributed by atoms with E-state index >= 15 is 0 Å². The Labute approximate surface area is 136 Å². The van der Waals surface area contributed by atoms with Gasteiger partial charge in [0.1, 0.15) is 5.75 Å². The molecule has 4 heteroatoms. The Kier molecular flexibility index (Phi) is 6.24. The number of esters is 1. The third-order valence-electron chi connectivity index (χ3n) is 3.02. The second-order valence-electron chi connectivity index (χ2n) is 4.83. The van der Waals surface area contributed by atoms with Crippen LogP contribution in [0.4, 0.5) is 0 Å². The molecule has 0 amide bonds. The highest BCUT2D eigenvalue weighted by Crippen LogP contribution is 2.28. The normalized spacial score (nSPS) is 10.5. The third kappa shape index (κ3) is 5.18. The van der Waals surface area contributed by atoms with Gasteiger partial charge in [0.2, 0.25) is 0 Å². The van der Waals surface area contributed by atoms with Crippen molar-refractivity contribution in [3.05, 3.63) is 60.2 Å². The van der Waals surface area contributed by atoms with E-state index in [1.807, 2.05) is 43.3 Å². The molecule has 2 aromatic carbocycles. The lowest BCUT2D eigenvalue weighted by Gasteiger charge is -2.10. The molecule has 2 rings (SSSR count). The zero-order valence-electron chi connectivity index (χ0n) is 13.3. The number of methoxy groups -OCH3 is 1. The number of hydrogen-bond acceptors (Lipinski definition) is 4. The molecule has 0 unspecified atom stereocenters. The van der Waals surface area contributed by atoms with Gasteiger partial charge in [0.05, 0.1) is 13.7 Å². The SMILES string of the molecule is CCCOc1ccc(/C=C/C(=O)Oc2ccccc2)cc1OC. The zero-order valence-corrected chi connectivity index (χ0v) is 13.3. The van der Waals surface area contributed by atoms with E-state index in [0.29, 0.717) is 23.9 Å². The summed E-state index contributed by atoms with van der Waals surface area (Å²) in [5.41, 5.74) is 0.829. The first-order valence-corrected chi connectivity index (χ1v) is 7.48. The fourth-order valence-corrected chi connectivity index (χ4v) is 1.92. The van der Waals surface area contributed by atoms with Gasteiger partial charge >= 0.3 is 5.97 Å². The second-order valence-corrected chi connectivity index (χ2v) is 4.83. The smallest absolute Gasteiger partial charge is 0.336 e. The van der Waals surface area contributed by atoms with E-state index in [2.05, 4.69) is 0 Å². The maximum Gasteiger partial charge on any atom is 0.336 e. The first kappa shape index (κ1) is 16.6. The van der Waals surface area contributed by atoms with E-state index in [4.69, 9.17) is 14.2 Å². The van der Waals surface area contributed by atoms with Crippen LogP contribution in [0, 0.1) is 0 Å². The molecule has 4 nitrogen and oxygen atoms in total. The molecular weight excluding hydrogens is 292 g/mol. The van der Waals surface area contributed by atoms with E-state index in [1.165, 1.54) is 6.08 Å². The molecule has 0 aliphatic heterocycles. The van der Waals surface area contributed by atoms with E-state index in [1.54, 1.807) is 25.3 Å². The highest BCUT2D eigenvalue weighted by molar-refractivity contribution is 5.88. The van der Waals surface area contributed by atoms with Crippen molar-refractivity contribution in [3.63, 3.8) is 0 Å². The van der Waals surface area contributed by atoms with E-state index in [-0.39, 0.29) is 0 Å². The standard InChI is InChI=1S/C19H20O4/c1-3-13-22-17-11-9-15(14-18(17)21-2)10-12-19(20)23-16-7-5-4-6-8-16/h4-12,14H,3,13H2,1-2H3/b12-10+. The molecule has 0 radical (unpaired) electrons. The van der Waals surface area contributed by atoms with Crippen molar-refractivity contribution in [2.75, 3.05) is 13.7 Å². The zero-order chi connectivity index (χ0) is 16.5. The van der Waals surface area contributed by atoms with Gasteiger partial charge in [-0.3, -0.25) is 0 Å². The molecule has 120 valence electrons. The van der Waals surface area contributed by atoms with Gasteiger partial charge < -0.3 is 14.2 Å². The van der Waals surface area contributed by atoms with Crippen molar-refractivity contribution >= 4 is 12.0 Å². The third-order valence-corrected chi connectivity index (χ3v) is 3.02. The topological polar surface area (TPSA) is 44.8 Å². The predicted octanol–water partition coefficient (Wildman–Crippen LogP) is 4.10. The molecule has 0 saturated carbocycles. The molecule has 0 heterocycles. The fraction of sp³-hybridized carbons (Fsp3) is 0.211. The molecule has 0 bridgehead atoms. The summed E-state index contributed by atoms with van der Waals surface area (Å²) in [6.07, 6.45) is 3.99. The Balaban J connectivity index is 2.02. The summed E-state index contributed by atoms with van der Waals surface area (Å²) in [5, 5.41) is 0. The predicted molar refractivity (Wildman–Crippen MR) is 89.9 cm³/mol. The first-order valence-electron chi connectivity index (χ1n) is 7.48. The molecule has 2 aromatic rings. The Morgan fingerprint density at radius 1 is 1.09 bits per heavy atom. The summed E-state index contributed by atoms with van der Waals surface area (Å²) >= 11 is 0. The number of carbonyl (C=O) groups is 1. The van der Waals surface area contributed by atoms with Gasteiger partial charge in [-0.05, 0) is 42.3 Å². The van der Waals surface area contributed by atoms with Crippen molar-refractivity contribution in [1.29, 1.82) is 0 Å². The van der Waals surface area contributed by atoms with Crippen LogP contribution in [0.5, 0.6) is 17.2 Å². The lowest BCUT2D eigenvalue weighted by molar-refractivity contribution is -0.128. The van der Waals surface area contributed by atoms with Crippen LogP contribution in [0.2, 0.25) is 0 Å². The summed E-state index contributed by atoms with van der Waals surface area (Å²) < 4.78 is 16.1. The quantitative estimate of drug-likeness (QED) is 0.438. The molecule has 23 heavy (non-hydrogen) atoms. The molecule has 0 fully saturated rings. The summed E-state index contributed by atoms with van der Waals surface area (Å²) in [4.78, 5) is 11.8. The number of hydrogen-bond donors (Lipinski definition) is 0. The average molecular weight is 312 g/mol. The largest absolute Gasteiger partial charge is 0.493 e. The number of benzene rings is 2. The summed E-state index contributed by atoms with van der Waals surface area (Å²) in [6.45, 7) is 2.68. The van der Waals surface area contributed by atoms with Crippen molar-refractivity contribution < 1.29 is 19.0 Å². The van der Waals surface area contributed by atoms with Crippen molar-refractivity contribution in [1.82, 2.24) is 0 Å². The van der Waals surface area contributed by atoms with E-state index in [0.717, 1.165) is 12.0 Å². The number of para-hydroxylation sites is 1. The number of ether oxygens (including phenoxy) is 3. The maximum atomic E-state index is 11.8. The van der Waals surface area contributed by atoms with Crippen LogP contribution in [0.3, 0.4) is 0 Å². The van der Waals surface area contributed by atoms with Gasteiger partial charge in [-0.2, -0.15) is 0 Å². The van der Waals surface area contributed by atoms with E-state index < -0.39 is 5.97 Å². The second kappa shape index (κ2) is 8.63. The van der Waals surface area contributed by atoms with Crippen molar-refractivity contribution in [3.8, 4) is 17.2 Å². The van der Waals surface area contributed by atoms with Crippen LogP contribution in [-0.2, 0) is 4.79 Å².